The highest BCUT2D eigenvalue weighted by Gasteiger charge is 2.27. The molecule has 9 nitrogen and oxygen atoms in total. The van der Waals surface area contributed by atoms with Crippen LogP contribution < -0.4 is 4.31 Å². The molecular formula is C18H16N2O7S. The zero-order chi connectivity index (χ0) is 20.5. The number of benzene rings is 2. The zero-order valence-corrected chi connectivity index (χ0v) is 15.6. The van der Waals surface area contributed by atoms with Gasteiger partial charge in [0.05, 0.1) is 16.9 Å². The molecule has 0 unspecified atom stereocenters. The summed E-state index contributed by atoms with van der Waals surface area (Å²) >= 11 is 0. The number of sulfonamides is 1. The van der Waals surface area contributed by atoms with Crippen LogP contribution in [0.3, 0.4) is 0 Å². The fourth-order valence-corrected chi connectivity index (χ4v) is 3.95. The molecule has 1 heterocycles. The molecule has 2 aromatic carbocycles. The van der Waals surface area contributed by atoms with Crippen molar-refractivity contribution in [2.24, 2.45) is 0 Å². The molecule has 1 aliphatic rings. The number of hydrogen-bond donors (Lipinski definition) is 0. The molecule has 1 aliphatic heterocycles. The molecule has 0 spiro atoms. The number of nitro benzene ring substituents is 1. The number of esters is 1. The molecule has 0 fully saturated rings. The normalized spacial score (nSPS) is 13.1. The van der Waals surface area contributed by atoms with E-state index in [4.69, 9.17) is 4.74 Å². The number of carbonyl (C=O) groups is 2. The lowest BCUT2D eigenvalue weighted by atomic mass is 10.1. The molecule has 28 heavy (non-hydrogen) atoms. The molecule has 146 valence electrons. The van der Waals surface area contributed by atoms with Crippen molar-refractivity contribution in [2.75, 3.05) is 23.7 Å². The summed E-state index contributed by atoms with van der Waals surface area (Å²) in [6, 6.07) is 9.88. The minimum absolute atomic E-state index is 0.238. The largest absolute Gasteiger partial charge is 0.454 e. The van der Waals surface area contributed by atoms with E-state index in [1.54, 1.807) is 12.1 Å². The first-order valence-corrected chi connectivity index (χ1v) is 10.1. The number of anilines is 1. The number of ketones is 1. The summed E-state index contributed by atoms with van der Waals surface area (Å²) in [5.41, 5.74) is 0.859. The van der Waals surface area contributed by atoms with Crippen LogP contribution in [0.25, 0.3) is 0 Å². The average Bonchev–Trinajstić information content (AvgIpc) is 3.09. The van der Waals surface area contributed by atoms with E-state index in [9.17, 15) is 28.1 Å². The van der Waals surface area contributed by atoms with Gasteiger partial charge in [-0.05, 0) is 36.2 Å². The second-order valence-corrected chi connectivity index (χ2v) is 8.11. The second-order valence-electron chi connectivity index (χ2n) is 6.20. The predicted molar refractivity (Wildman–Crippen MR) is 100 cm³/mol. The molecule has 10 heteroatoms. The summed E-state index contributed by atoms with van der Waals surface area (Å²) in [7, 11) is -3.39. The number of carbonyl (C=O) groups excluding carboxylic acids is 2. The summed E-state index contributed by atoms with van der Waals surface area (Å²) in [5.74, 6) is -1.46. The standard InChI is InChI=1S/C18H16N2O7S/c1-28(25,26)19-9-8-12-10-13(6-7-15(12)19)17(21)11-27-18(22)14-4-2-3-5-16(14)20(23)24/h2-7,10H,8-9,11H2,1H3. The average molecular weight is 404 g/mol. The van der Waals surface area contributed by atoms with Gasteiger partial charge in [0.2, 0.25) is 10.0 Å². The lowest BCUT2D eigenvalue weighted by Gasteiger charge is -2.16. The van der Waals surface area contributed by atoms with E-state index in [0.29, 0.717) is 24.2 Å². The van der Waals surface area contributed by atoms with E-state index in [-0.39, 0.29) is 11.1 Å². The number of rotatable bonds is 6. The second kappa shape index (κ2) is 7.39. The fraction of sp³-hybridized carbons (Fsp3) is 0.222. The van der Waals surface area contributed by atoms with Crippen LogP contribution in [0.2, 0.25) is 0 Å². The minimum Gasteiger partial charge on any atom is -0.454 e. The third kappa shape index (κ3) is 3.86. The van der Waals surface area contributed by atoms with E-state index >= 15 is 0 Å². The Morgan fingerprint density at radius 2 is 1.93 bits per heavy atom. The van der Waals surface area contributed by atoms with Gasteiger partial charge in [-0.25, -0.2) is 13.2 Å². The van der Waals surface area contributed by atoms with Gasteiger partial charge in [-0.15, -0.1) is 0 Å². The minimum atomic E-state index is -3.39. The van der Waals surface area contributed by atoms with Crippen molar-refractivity contribution in [1.82, 2.24) is 0 Å². The topological polar surface area (TPSA) is 124 Å². The lowest BCUT2D eigenvalue weighted by molar-refractivity contribution is -0.385. The van der Waals surface area contributed by atoms with Gasteiger partial charge >= 0.3 is 5.97 Å². The molecule has 0 aliphatic carbocycles. The third-order valence-corrected chi connectivity index (χ3v) is 5.49. The summed E-state index contributed by atoms with van der Waals surface area (Å²) < 4.78 is 29.7. The third-order valence-electron chi connectivity index (χ3n) is 4.31. The predicted octanol–water partition coefficient (Wildman–Crippen LogP) is 1.96. The van der Waals surface area contributed by atoms with E-state index in [0.717, 1.165) is 6.26 Å². The number of ether oxygens (including phenoxy) is 1. The Morgan fingerprint density at radius 1 is 1.21 bits per heavy atom. The number of fused-ring (bicyclic) bond motifs is 1. The van der Waals surface area contributed by atoms with E-state index < -0.39 is 39.0 Å². The first kappa shape index (κ1) is 19.5. The van der Waals surface area contributed by atoms with Crippen LogP contribution in [0.5, 0.6) is 0 Å². The molecule has 3 rings (SSSR count). The molecule has 0 aromatic heterocycles. The maximum atomic E-state index is 12.3. The lowest BCUT2D eigenvalue weighted by Crippen LogP contribution is -2.27. The van der Waals surface area contributed by atoms with Gasteiger partial charge in [0, 0.05) is 18.2 Å². The highest BCUT2D eigenvalue weighted by atomic mass is 32.2. The van der Waals surface area contributed by atoms with Crippen LogP contribution in [0.15, 0.2) is 42.5 Å². The maximum Gasteiger partial charge on any atom is 0.345 e. The molecule has 0 saturated carbocycles. The van der Waals surface area contributed by atoms with E-state index in [1.807, 2.05) is 0 Å². The van der Waals surface area contributed by atoms with Gasteiger partial charge in [0.1, 0.15) is 5.56 Å². The van der Waals surface area contributed by atoms with Crippen LogP contribution in [0.1, 0.15) is 26.3 Å². The summed E-state index contributed by atoms with van der Waals surface area (Å²) in [6.07, 6.45) is 1.59. The molecule has 0 saturated heterocycles. The Balaban J connectivity index is 1.72. The Hall–Kier alpha value is -3.27. The first-order valence-electron chi connectivity index (χ1n) is 8.23. The van der Waals surface area contributed by atoms with Gasteiger partial charge in [-0.3, -0.25) is 19.2 Å². The van der Waals surface area contributed by atoms with Crippen LogP contribution >= 0.6 is 0 Å². The fourth-order valence-electron chi connectivity index (χ4n) is 2.99. The highest BCUT2D eigenvalue weighted by molar-refractivity contribution is 7.92. The number of para-hydroxylation sites is 1. The van der Waals surface area contributed by atoms with Crippen LogP contribution in [-0.2, 0) is 21.2 Å². The molecular weight excluding hydrogens is 388 g/mol. The van der Waals surface area contributed by atoms with Gasteiger partial charge in [0.15, 0.2) is 12.4 Å². The van der Waals surface area contributed by atoms with Gasteiger partial charge in [-0.2, -0.15) is 0 Å². The Labute approximate surface area is 160 Å². The van der Waals surface area contributed by atoms with E-state index in [2.05, 4.69) is 0 Å². The van der Waals surface area contributed by atoms with Crippen molar-refractivity contribution in [3.05, 3.63) is 69.3 Å². The smallest absolute Gasteiger partial charge is 0.345 e. The molecule has 2 aromatic rings. The monoisotopic (exact) mass is 404 g/mol. The van der Waals surface area contributed by atoms with Gasteiger partial charge in [0.25, 0.3) is 5.69 Å². The highest BCUT2D eigenvalue weighted by Crippen LogP contribution is 2.30. The first-order chi connectivity index (χ1) is 13.2. The van der Waals surface area contributed by atoms with Gasteiger partial charge in [-0.1, -0.05) is 12.1 Å². The Kier molecular flexibility index (Phi) is 5.14. The van der Waals surface area contributed by atoms with Crippen molar-refractivity contribution in [3.63, 3.8) is 0 Å². The molecule has 0 N–H and O–H groups in total. The van der Waals surface area contributed by atoms with Crippen molar-refractivity contribution in [3.8, 4) is 0 Å². The summed E-state index contributed by atoms with van der Waals surface area (Å²) in [6.45, 7) is -0.280. The van der Waals surface area contributed by atoms with Crippen LogP contribution in [0.4, 0.5) is 11.4 Å². The molecule has 0 radical (unpaired) electrons. The number of nitrogens with zero attached hydrogens (tertiary/aromatic N) is 2. The Bertz CT molecular complexity index is 1080. The zero-order valence-electron chi connectivity index (χ0n) is 14.8. The van der Waals surface area contributed by atoms with Crippen LogP contribution in [-0.4, -0.2) is 44.5 Å². The van der Waals surface area contributed by atoms with Crippen molar-refractivity contribution in [2.45, 2.75) is 6.42 Å². The molecule has 0 amide bonds. The van der Waals surface area contributed by atoms with Crippen molar-refractivity contribution in [1.29, 1.82) is 0 Å². The van der Waals surface area contributed by atoms with Crippen molar-refractivity contribution >= 4 is 33.2 Å². The van der Waals surface area contributed by atoms with Crippen LogP contribution in [0, 0.1) is 10.1 Å². The Morgan fingerprint density at radius 3 is 2.61 bits per heavy atom. The van der Waals surface area contributed by atoms with Crippen molar-refractivity contribution < 1.29 is 27.7 Å². The number of nitro groups is 1. The molecule has 0 bridgehead atoms. The van der Waals surface area contributed by atoms with Gasteiger partial charge < -0.3 is 4.74 Å². The number of hydrogen-bond acceptors (Lipinski definition) is 7. The number of Topliss-reactive ketones (excluding diaryl/α,β-unsaturated/α-hetero) is 1. The SMILES string of the molecule is CS(=O)(=O)N1CCc2cc(C(=O)COC(=O)c3ccccc3[N+](=O)[O-])ccc21. The summed E-state index contributed by atoms with van der Waals surface area (Å²) in [4.78, 5) is 34.7. The molecule has 0 atom stereocenters. The van der Waals surface area contributed by atoms with E-state index in [1.165, 1.54) is 34.6 Å². The maximum absolute atomic E-state index is 12.3. The summed E-state index contributed by atoms with van der Waals surface area (Å²) in [5, 5.41) is 11.0. The quantitative estimate of drug-likeness (QED) is 0.312.